The lowest BCUT2D eigenvalue weighted by Gasteiger charge is -2.19. The average Bonchev–Trinajstić information content (AvgIpc) is 2.53. The zero-order chi connectivity index (χ0) is 17.7. The van der Waals surface area contributed by atoms with Crippen molar-refractivity contribution < 1.29 is 29.1 Å². The van der Waals surface area contributed by atoms with Crippen LogP contribution in [0.25, 0.3) is 0 Å². The van der Waals surface area contributed by atoms with E-state index in [4.69, 9.17) is 9.62 Å². The van der Waals surface area contributed by atoms with Crippen molar-refractivity contribution in [3.8, 4) is 0 Å². The number of hydrogen-bond acceptors (Lipinski definition) is 6. The molecule has 0 saturated carbocycles. The van der Waals surface area contributed by atoms with Gasteiger partial charge in [-0.25, -0.2) is 9.59 Å². The lowest BCUT2D eigenvalue weighted by Crippen LogP contribution is -2.24. The van der Waals surface area contributed by atoms with Gasteiger partial charge < -0.3 is 4.74 Å². The van der Waals surface area contributed by atoms with E-state index in [1.54, 1.807) is 13.8 Å². The van der Waals surface area contributed by atoms with E-state index in [1.165, 1.54) is 0 Å². The molecule has 0 aliphatic carbocycles. The summed E-state index contributed by atoms with van der Waals surface area (Å²) in [5.74, 6) is -1.06. The Morgan fingerprint density at radius 1 is 1.09 bits per heavy atom. The second-order valence-corrected chi connectivity index (χ2v) is 6.05. The highest BCUT2D eigenvalue weighted by molar-refractivity contribution is 5.91. The van der Waals surface area contributed by atoms with E-state index in [9.17, 15) is 9.59 Å². The van der Waals surface area contributed by atoms with Crippen LogP contribution in [0.4, 0.5) is 0 Å². The molecule has 0 N–H and O–H groups in total. The molecule has 0 spiro atoms. The maximum atomic E-state index is 11.5. The highest BCUT2D eigenvalue weighted by Crippen LogP contribution is 2.14. The lowest BCUT2D eigenvalue weighted by atomic mass is 10.0. The van der Waals surface area contributed by atoms with Crippen LogP contribution in [-0.4, -0.2) is 24.1 Å². The molecule has 0 aliphatic heterocycles. The highest BCUT2D eigenvalue weighted by atomic mass is 17.5. The fourth-order valence-corrected chi connectivity index (χ4v) is 1.51. The zero-order valence-corrected chi connectivity index (χ0v) is 14.9. The Labute approximate surface area is 139 Å². The fraction of sp³-hybridized carbons (Fsp3) is 0.765. The van der Waals surface area contributed by atoms with E-state index in [1.807, 2.05) is 6.92 Å². The SMILES string of the molecule is CCCCC(CC)COC(=O)/C=C/C(=O)OOOC(C)(C)CC. The standard InChI is InChI=1S/C17H30O6/c1-6-9-10-14(7-2)13-20-15(18)11-12-16(19)21-23-22-17(4,5)8-3/h11-12,14H,6-10,13H2,1-5H3/b12-11+. The predicted octanol–water partition coefficient (Wildman–Crippen LogP) is 3.90. The van der Waals surface area contributed by atoms with Gasteiger partial charge >= 0.3 is 11.9 Å². The summed E-state index contributed by atoms with van der Waals surface area (Å²) in [6, 6.07) is 0. The monoisotopic (exact) mass is 330 g/mol. The van der Waals surface area contributed by atoms with E-state index in [-0.39, 0.29) is 0 Å². The van der Waals surface area contributed by atoms with Crippen molar-refractivity contribution in [2.24, 2.45) is 5.92 Å². The van der Waals surface area contributed by atoms with E-state index in [0.717, 1.165) is 37.8 Å². The zero-order valence-electron chi connectivity index (χ0n) is 14.9. The maximum Gasteiger partial charge on any atom is 0.369 e. The summed E-state index contributed by atoms with van der Waals surface area (Å²) >= 11 is 0. The van der Waals surface area contributed by atoms with Gasteiger partial charge in [0.05, 0.1) is 6.61 Å². The molecule has 0 bridgehead atoms. The summed E-state index contributed by atoms with van der Waals surface area (Å²) in [4.78, 5) is 32.1. The van der Waals surface area contributed by atoms with Crippen molar-refractivity contribution >= 4 is 11.9 Å². The number of carbonyl (C=O) groups excluding carboxylic acids is 2. The van der Waals surface area contributed by atoms with E-state index in [0.29, 0.717) is 18.9 Å². The van der Waals surface area contributed by atoms with Gasteiger partial charge in [-0.05, 0) is 37.6 Å². The molecule has 0 amide bonds. The lowest BCUT2D eigenvalue weighted by molar-refractivity contribution is -0.515. The van der Waals surface area contributed by atoms with Gasteiger partial charge in [-0.3, -0.25) is 4.89 Å². The number of esters is 1. The van der Waals surface area contributed by atoms with Gasteiger partial charge in [-0.1, -0.05) is 40.0 Å². The Balaban J connectivity index is 3.99. The van der Waals surface area contributed by atoms with Crippen molar-refractivity contribution in [3.05, 3.63) is 12.2 Å². The van der Waals surface area contributed by atoms with Gasteiger partial charge in [-0.2, -0.15) is 4.89 Å². The summed E-state index contributed by atoms with van der Waals surface area (Å²) in [5.41, 5.74) is -0.559. The van der Waals surface area contributed by atoms with Gasteiger partial charge in [0.25, 0.3) is 0 Å². The van der Waals surface area contributed by atoms with Gasteiger partial charge in [0, 0.05) is 12.2 Å². The molecule has 1 atom stereocenters. The van der Waals surface area contributed by atoms with Crippen molar-refractivity contribution in [1.82, 2.24) is 0 Å². The number of unbranched alkanes of at least 4 members (excludes halogenated alkanes) is 1. The third-order valence-electron chi connectivity index (χ3n) is 3.59. The summed E-state index contributed by atoms with van der Waals surface area (Å²) < 4.78 is 5.11. The second-order valence-electron chi connectivity index (χ2n) is 6.05. The molecule has 6 heteroatoms. The van der Waals surface area contributed by atoms with Crippen molar-refractivity contribution in [3.63, 3.8) is 0 Å². The van der Waals surface area contributed by atoms with Crippen molar-refractivity contribution in [2.75, 3.05) is 6.61 Å². The Kier molecular flexibility index (Phi) is 11.3. The molecule has 0 rings (SSSR count). The van der Waals surface area contributed by atoms with E-state index >= 15 is 0 Å². The Hall–Kier alpha value is -1.40. The van der Waals surface area contributed by atoms with Gasteiger partial charge in [0.2, 0.25) is 0 Å². The molecule has 0 aromatic rings. The predicted molar refractivity (Wildman–Crippen MR) is 86.0 cm³/mol. The fourth-order valence-electron chi connectivity index (χ4n) is 1.51. The average molecular weight is 330 g/mol. The van der Waals surface area contributed by atoms with Crippen LogP contribution in [0.1, 0.15) is 66.7 Å². The minimum atomic E-state index is -0.841. The van der Waals surface area contributed by atoms with E-state index in [2.05, 4.69) is 23.8 Å². The molecule has 0 aromatic heterocycles. The summed E-state index contributed by atoms with van der Waals surface area (Å²) in [6.45, 7) is 10.0. The first kappa shape index (κ1) is 21.6. The Bertz CT molecular complexity index is 375. The highest BCUT2D eigenvalue weighted by Gasteiger charge is 2.18. The number of ether oxygens (including phenoxy) is 1. The number of carbonyl (C=O) groups is 2. The minimum absolute atomic E-state index is 0.354. The quantitative estimate of drug-likeness (QED) is 0.234. The van der Waals surface area contributed by atoms with Crippen LogP contribution in [0.15, 0.2) is 12.2 Å². The second kappa shape index (κ2) is 12.1. The van der Waals surface area contributed by atoms with Crippen LogP contribution in [0.2, 0.25) is 0 Å². The Morgan fingerprint density at radius 3 is 2.30 bits per heavy atom. The molecule has 0 fully saturated rings. The first-order chi connectivity index (χ1) is 10.8. The third kappa shape index (κ3) is 11.8. The molecular formula is C17H30O6. The van der Waals surface area contributed by atoms with Gasteiger partial charge in [0.1, 0.15) is 5.60 Å². The van der Waals surface area contributed by atoms with Crippen LogP contribution in [0.3, 0.4) is 0 Å². The Morgan fingerprint density at radius 2 is 1.74 bits per heavy atom. The molecule has 0 aromatic carbocycles. The number of hydrogen-bond donors (Lipinski definition) is 0. The molecule has 0 aliphatic rings. The minimum Gasteiger partial charge on any atom is -0.462 e. The molecule has 0 radical (unpaired) electrons. The topological polar surface area (TPSA) is 71.1 Å². The number of rotatable bonds is 12. The summed E-state index contributed by atoms with van der Waals surface area (Å²) in [7, 11) is 0. The summed E-state index contributed by atoms with van der Waals surface area (Å²) in [5, 5.41) is 4.39. The third-order valence-corrected chi connectivity index (χ3v) is 3.59. The van der Waals surface area contributed by atoms with Crippen LogP contribution >= 0.6 is 0 Å². The van der Waals surface area contributed by atoms with Crippen LogP contribution in [-0.2, 0) is 29.1 Å². The molecule has 0 heterocycles. The van der Waals surface area contributed by atoms with Crippen LogP contribution in [0, 0.1) is 5.92 Å². The van der Waals surface area contributed by atoms with Crippen molar-refractivity contribution in [1.29, 1.82) is 0 Å². The smallest absolute Gasteiger partial charge is 0.369 e. The van der Waals surface area contributed by atoms with E-state index < -0.39 is 17.5 Å². The molecule has 1 unspecified atom stereocenters. The van der Waals surface area contributed by atoms with Crippen molar-refractivity contribution in [2.45, 2.75) is 72.3 Å². The van der Waals surface area contributed by atoms with Crippen LogP contribution < -0.4 is 0 Å². The molecular weight excluding hydrogens is 300 g/mol. The maximum absolute atomic E-state index is 11.5. The first-order valence-electron chi connectivity index (χ1n) is 8.25. The molecule has 23 heavy (non-hydrogen) atoms. The first-order valence-corrected chi connectivity index (χ1v) is 8.25. The van der Waals surface area contributed by atoms with Gasteiger partial charge in [-0.15, -0.1) is 0 Å². The molecule has 6 nitrogen and oxygen atoms in total. The van der Waals surface area contributed by atoms with Gasteiger partial charge in [0.15, 0.2) is 0 Å². The largest absolute Gasteiger partial charge is 0.462 e. The summed E-state index contributed by atoms with van der Waals surface area (Å²) in [6.07, 6.45) is 6.86. The molecule has 134 valence electrons. The normalized spacial score (nSPS) is 13.1. The molecule has 0 saturated heterocycles. The van der Waals surface area contributed by atoms with Crippen LogP contribution in [0.5, 0.6) is 0 Å².